The fourth-order valence-electron chi connectivity index (χ4n) is 1.67. The Morgan fingerprint density at radius 2 is 1.89 bits per heavy atom. The molecule has 0 aliphatic heterocycles. The molecule has 0 spiro atoms. The molecule has 0 atom stereocenters. The van der Waals surface area contributed by atoms with Gasteiger partial charge in [0.1, 0.15) is 11.5 Å². The molecule has 19 heavy (non-hydrogen) atoms. The summed E-state index contributed by atoms with van der Waals surface area (Å²) >= 11 is 5.74. The maximum Gasteiger partial charge on any atom is 0.130 e. The van der Waals surface area contributed by atoms with E-state index in [0.29, 0.717) is 5.88 Å². The van der Waals surface area contributed by atoms with Gasteiger partial charge in [0.25, 0.3) is 0 Å². The summed E-state index contributed by atoms with van der Waals surface area (Å²) in [6.07, 6.45) is 2.60. The first-order valence-electron chi connectivity index (χ1n) is 6.08. The van der Waals surface area contributed by atoms with Gasteiger partial charge in [0.05, 0.1) is 18.2 Å². The number of aromatic nitrogens is 1. The van der Waals surface area contributed by atoms with Crippen LogP contribution in [-0.2, 0) is 17.0 Å². The van der Waals surface area contributed by atoms with Gasteiger partial charge in [-0.05, 0) is 30.2 Å². The zero-order valence-electron chi connectivity index (χ0n) is 10.8. The van der Waals surface area contributed by atoms with Gasteiger partial charge in [-0.15, -0.1) is 11.6 Å². The summed E-state index contributed by atoms with van der Waals surface area (Å²) in [5.74, 6) is 1.93. The van der Waals surface area contributed by atoms with E-state index in [-0.39, 0.29) is 0 Å². The third kappa shape index (κ3) is 4.23. The van der Waals surface area contributed by atoms with Crippen LogP contribution in [0, 0.1) is 0 Å². The van der Waals surface area contributed by atoms with Crippen LogP contribution in [0.1, 0.15) is 11.3 Å². The molecule has 0 amide bonds. The lowest BCUT2D eigenvalue weighted by Gasteiger charge is -2.07. The van der Waals surface area contributed by atoms with Crippen molar-refractivity contribution >= 4 is 11.6 Å². The molecule has 1 heterocycles. The largest absolute Gasteiger partial charge is 0.457 e. The summed E-state index contributed by atoms with van der Waals surface area (Å²) in [5.41, 5.74) is 2.03. The fraction of sp³-hybridized carbons (Fsp3) is 0.267. The molecule has 0 bridgehead atoms. The normalized spacial score (nSPS) is 10.4. The van der Waals surface area contributed by atoms with E-state index < -0.39 is 0 Å². The third-order valence-corrected chi connectivity index (χ3v) is 2.95. The average molecular weight is 278 g/mol. The van der Waals surface area contributed by atoms with E-state index in [2.05, 4.69) is 4.98 Å². The predicted molar refractivity (Wildman–Crippen MR) is 75.9 cm³/mol. The van der Waals surface area contributed by atoms with Crippen molar-refractivity contribution in [2.75, 3.05) is 13.7 Å². The van der Waals surface area contributed by atoms with Gasteiger partial charge in [-0.25, -0.2) is 0 Å². The first kappa shape index (κ1) is 13.8. The molecule has 0 aliphatic carbocycles. The smallest absolute Gasteiger partial charge is 0.130 e. The second-order valence-corrected chi connectivity index (χ2v) is 4.37. The standard InChI is InChI=1S/C15H16ClNO2/c1-18-9-7-12-2-4-14(5-3-12)19-15-6-8-17-13(10-15)11-16/h2-6,8,10H,7,9,11H2,1H3. The average Bonchev–Trinajstić information content (AvgIpc) is 2.47. The van der Waals surface area contributed by atoms with Crippen LogP contribution in [0.5, 0.6) is 11.5 Å². The van der Waals surface area contributed by atoms with Crippen molar-refractivity contribution < 1.29 is 9.47 Å². The van der Waals surface area contributed by atoms with Crippen LogP contribution in [0.25, 0.3) is 0 Å². The number of hydrogen-bond donors (Lipinski definition) is 0. The summed E-state index contributed by atoms with van der Waals surface area (Å²) in [6.45, 7) is 0.726. The quantitative estimate of drug-likeness (QED) is 0.753. The van der Waals surface area contributed by atoms with Gasteiger partial charge < -0.3 is 9.47 Å². The number of benzene rings is 1. The lowest BCUT2D eigenvalue weighted by Crippen LogP contribution is -1.94. The zero-order chi connectivity index (χ0) is 13.5. The van der Waals surface area contributed by atoms with E-state index in [9.17, 15) is 0 Å². The Labute approximate surface area is 118 Å². The predicted octanol–water partition coefficient (Wildman–Crippen LogP) is 3.80. The highest BCUT2D eigenvalue weighted by atomic mass is 35.5. The Kier molecular flexibility index (Phi) is 5.19. The summed E-state index contributed by atoms with van der Waals surface area (Å²) in [7, 11) is 1.70. The monoisotopic (exact) mass is 277 g/mol. The van der Waals surface area contributed by atoms with Crippen LogP contribution in [0.4, 0.5) is 0 Å². The van der Waals surface area contributed by atoms with Crippen molar-refractivity contribution in [3.63, 3.8) is 0 Å². The topological polar surface area (TPSA) is 31.4 Å². The second-order valence-electron chi connectivity index (χ2n) is 4.11. The molecule has 100 valence electrons. The highest BCUT2D eigenvalue weighted by molar-refractivity contribution is 6.16. The number of pyridine rings is 1. The van der Waals surface area contributed by atoms with Crippen LogP contribution in [0.2, 0.25) is 0 Å². The molecule has 0 N–H and O–H groups in total. The Morgan fingerprint density at radius 3 is 2.58 bits per heavy atom. The first-order chi connectivity index (χ1) is 9.31. The second kappa shape index (κ2) is 7.12. The zero-order valence-corrected chi connectivity index (χ0v) is 11.6. The maximum absolute atomic E-state index is 5.75. The summed E-state index contributed by atoms with van der Waals surface area (Å²) in [6, 6.07) is 11.6. The summed E-state index contributed by atoms with van der Waals surface area (Å²) in [5, 5.41) is 0. The van der Waals surface area contributed by atoms with E-state index in [0.717, 1.165) is 30.2 Å². The van der Waals surface area contributed by atoms with Gasteiger partial charge in [0.15, 0.2) is 0 Å². The molecule has 2 rings (SSSR count). The minimum absolute atomic E-state index is 0.382. The number of rotatable bonds is 6. The molecule has 0 aliphatic rings. The molecule has 4 heteroatoms. The molecule has 0 unspecified atom stereocenters. The summed E-state index contributed by atoms with van der Waals surface area (Å²) < 4.78 is 10.8. The molecule has 2 aromatic rings. The van der Waals surface area contributed by atoms with Crippen molar-refractivity contribution in [2.24, 2.45) is 0 Å². The van der Waals surface area contributed by atoms with Gasteiger partial charge in [0, 0.05) is 19.4 Å². The molecular weight excluding hydrogens is 262 g/mol. The van der Waals surface area contributed by atoms with Crippen molar-refractivity contribution in [3.8, 4) is 11.5 Å². The van der Waals surface area contributed by atoms with Crippen molar-refractivity contribution in [1.82, 2.24) is 4.98 Å². The number of hydrogen-bond acceptors (Lipinski definition) is 3. The molecule has 0 fully saturated rings. The Morgan fingerprint density at radius 1 is 1.11 bits per heavy atom. The molecule has 3 nitrogen and oxygen atoms in total. The van der Waals surface area contributed by atoms with Crippen LogP contribution < -0.4 is 4.74 Å². The minimum Gasteiger partial charge on any atom is -0.457 e. The first-order valence-corrected chi connectivity index (χ1v) is 6.62. The lowest BCUT2D eigenvalue weighted by molar-refractivity contribution is 0.202. The van der Waals surface area contributed by atoms with Gasteiger partial charge in [-0.3, -0.25) is 4.98 Å². The Hall–Kier alpha value is -1.58. The number of alkyl halides is 1. The van der Waals surface area contributed by atoms with Crippen LogP contribution in [0.3, 0.4) is 0 Å². The molecule has 0 saturated carbocycles. The maximum atomic E-state index is 5.75. The van der Waals surface area contributed by atoms with Gasteiger partial charge in [0.2, 0.25) is 0 Å². The minimum atomic E-state index is 0.382. The highest BCUT2D eigenvalue weighted by Crippen LogP contribution is 2.22. The van der Waals surface area contributed by atoms with Crippen LogP contribution in [0.15, 0.2) is 42.6 Å². The van der Waals surface area contributed by atoms with Crippen molar-refractivity contribution in [2.45, 2.75) is 12.3 Å². The summed E-state index contributed by atoms with van der Waals surface area (Å²) in [4.78, 5) is 4.12. The van der Waals surface area contributed by atoms with E-state index in [1.165, 1.54) is 5.56 Å². The molecule has 0 saturated heterocycles. The molecular formula is C15H16ClNO2. The Bertz CT molecular complexity index is 514. The van der Waals surface area contributed by atoms with E-state index in [1.807, 2.05) is 36.4 Å². The third-order valence-electron chi connectivity index (χ3n) is 2.68. The van der Waals surface area contributed by atoms with E-state index in [4.69, 9.17) is 21.1 Å². The van der Waals surface area contributed by atoms with Crippen molar-refractivity contribution in [1.29, 1.82) is 0 Å². The highest BCUT2D eigenvalue weighted by Gasteiger charge is 2.00. The fourth-order valence-corrected chi connectivity index (χ4v) is 1.82. The van der Waals surface area contributed by atoms with Gasteiger partial charge in [-0.1, -0.05) is 12.1 Å². The molecule has 1 aromatic heterocycles. The molecule has 0 radical (unpaired) electrons. The van der Waals surface area contributed by atoms with E-state index >= 15 is 0 Å². The Balaban J connectivity index is 2.02. The van der Waals surface area contributed by atoms with E-state index in [1.54, 1.807) is 13.3 Å². The van der Waals surface area contributed by atoms with Gasteiger partial charge >= 0.3 is 0 Å². The lowest BCUT2D eigenvalue weighted by atomic mass is 10.1. The number of halogens is 1. The van der Waals surface area contributed by atoms with Gasteiger partial charge in [-0.2, -0.15) is 0 Å². The SMILES string of the molecule is COCCc1ccc(Oc2ccnc(CCl)c2)cc1. The van der Waals surface area contributed by atoms with Crippen molar-refractivity contribution in [3.05, 3.63) is 53.9 Å². The van der Waals surface area contributed by atoms with Crippen LogP contribution in [-0.4, -0.2) is 18.7 Å². The van der Waals surface area contributed by atoms with Crippen LogP contribution >= 0.6 is 11.6 Å². The number of ether oxygens (including phenoxy) is 2. The number of nitrogens with zero attached hydrogens (tertiary/aromatic N) is 1. The molecule has 1 aromatic carbocycles. The number of methoxy groups -OCH3 is 1.